The first-order valence-electron chi connectivity index (χ1n) is 3.51. The molecule has 0 radical (unpaired) electrons. The zero-order valence-electron chi connectivity index (χ0n) is 5.72. The van der Waals surface area contributed by atoms with E-state index in [1.807, 2.05) is 0 Å². The van der Waals surface area contributed by atoms with E-state index in [1.54, 1.807) is 0 Å². The summed E-state index contributed by atoms with van der Waals surface area (Å²) in [4.78, 5) is 10.7. The molecule has 1 rings (SSSR count). The molecule has 0 unspecified atom stereocenters. The molecule has 0 aromatic heterocycles. The van der Waals surface area contributed by atoms with E-state index in [0.29, 0.717) is 0 Å². The van der Waals surface area contributed by atoms with Gasteiger partial charge < -0.3 is 4.74 Å². The van der Waals surface area contributed by atoms with Crippen LogP contribution in [0.2, 0.25) is 0 Å². The van der Waals surface area contributed by atoms with Crippen molar-refractivity contribution in [2.75, 3.05) is 7.09 Å². The molecule has 1 aliphatic carbocycles. The van der Waals surface area contributed by atoms with Gasteiger partial charge in [-0.25, -0.2) is 0 Å². The number of carbonyl (C=O) groups excluding carboxylic acids is 1. The van der Waals surface area contributed by atoms with Gasteiger partial charge in [0.25, 0.3) is 0 Å². The molecule has 0 N–H and O–H groups in total. The number of ether oxygens (including phenoxy) is 1. The first-order chi connectivity index (χ1) is 4.34. The molecule has 0 heterocycles. The topological polar surface area (TPSA) is 26.3 Å². The Morgan fingerprint density at radius 2 is 2.62 bits per heavy atom. The van der Waals surface area contributed by atoms with Gasteiger partial charge >= 0.3 is 5.97 Å². The maximum Gasteiger partial charge on any atom is 0.308 e. The number of esters is 1. The van der Waals surface area contributed by atoms with Crippen molar-refractivity contribution in [1.82, 2.24) is 0 Å². The molecule has 0 aromatic rings. The fraction of sp³-hybridized carbons (Fsp3) is 0.833. The third-order valence-electron chi connectivity index (χ3n) is 1.58. The lowest BCUT2D eigenvalue weighted by atomic mass is 9.86. The van der Waals surface area contributed by atoms with Crippen molar-refractivity contribution in [2.45, 2.75) is 19.3 Å². The number of carbonyl (C=O) groups is 1. The second kappa shape index (κ2) is 2.16. The lowest BCUT2D eigenvalue weighted by Crippen LogP contribution is -2.22. The Morgan fingerprint density at radius 1 is 1.88 bits per heavy atom. The van der Waals surface area contributed by atoms with Gasteiger partial charge in [0.05, 0.1) is 14.4 Å². The SMILES string of the molecule is [2H]COC(=O)C1CCC1. The van der Waals surface area contributed by atoms with Gasteiger partial charge in [-0.05, 0) is 12.8 Å². The highest BCUT2D eigenvalue weighted by Gasteiger charge is 2.25. The van der Waals surface area contributed by atoms with Gasteiger partial charge in [0, 0.05) is 0 Å². The maximum atomic E-state index is 10.7. The molecule has 0 bridgehead atoms. The molecule has 46 valence electrons. The van der Waals surface area contributed by atoms with Crippen molar-refractivity contribution < 1.29 is 10.9 Å². The molecule has 8 heavy (non-hydrogen) atoms. The zero-order valence-corrected chi connectivity index (χ0v) is 4.72. The van der Waals surface area contributed by atoms with Gasteiger partial charge in [-0.1, -0.05) is 6.42 Å². The van der Waals surface area contributed by atoms with Crippen LogP contribution in [0, 0.1) is 5.92 Å². The van der Waals surface area contributed by atoms with E-state index in [4.69, 9.17) is 1.37 Å². The summed E-state index contributed by atoms with van der Waals surface area (Å²) in [6.07, 6.45) is 3.05. The standard InChI is InChI=1S/C6H10O2/c1-8-6(7)5-3-2-4-5/h5H,2-4H2,1H3/i1D. The van der Waals surface area contributed by atoms with Crippen LogP contribution in [0.15, 0.2) is 0 Å². The van der Waals surface area contributed by atoms with E-state index in [1.165, 1.54) is 0 Å². The van der Waals surface area contributed by atoms with Crippen LogP contribution in [-0.4, -0.2) is 13.1 Å². The van der Waals surface area contributed by atoms with Gasteiger partial charge in [-0.15, -0.1) is 0 Å². The summed E-state index contributed by atoms with van der Waals surface area (Å²) in [5.41, 5.74) is 0. The summed E-state index contributed by atoms with van der Waals surface area (Å²) in [6.45, 7) is 0. The number of rotatable bonds is 1. The summed E-state index contributed by atoms with van der Waals surface area (Å²) in [7, 11) is -0.227. The quantitative estimate of drug-likeness (QED) is 0.476. The Hall–Kier alpha value is -0.530. The van der Waals surface area contributed by atoms with Crippen LogP contribution in [0.1, 0.15) is 20.6 Å². The van der Waals surface area contributed by atoms with Crippen molar-refractivity contribution in [2.24, 2.45) is 5.92 Å². The van der Waals surface area contributed by atoms with Gasteiger partial charge in [0.1, 0.15) is 0 Å². The second-order valence-corrected chi connectivity index (χ2v) is 2.09. The predicted octanol–water partition coefficient (Wildman–Crippen LogP) is 0.960. The Balaban J connectivity index is 2.16. The Labute approximate surface area is 50.2 Å². The van der Waals surface area contributed by atoms with E-state index in [0.717, 1.165) is 19.3 Å². The fourth-order valence-electron chi connectivity index (χ4n) is 0.762. The molecule has 0 aromatic carbocycles. The van der Waals surface area contributed by atoms with Gasteiger partial charge in [-0.3, -0.25) is 4.79 Å². The van der Waals surface area contributed by atoms with Crippen LogP contribution >= 0.6 is 0 Å². The summed E-state index contributed by atoms with van der Waals surface area (Å²) in [5, 5.41) is 0. The van der Waals surface area contributed by atoms with Gasteiger partial charge in [0.2, 0.25) is 0 Å². The molecule has 1 saturated carbocycles. The van der Waals surface area contributed by atoms with E-state index < -0.39 is 0 Å². The van der Waals surface area contributed by atoms with E-state index in [-0.39, 0.29) is 19.0 Å². The Bertz CT molecular complexity index is 110. The fourth-order valence-corrected chi connectivity index (χ4v) is 0.762. The largest absolute Gasteiger partial charge is 0.469 e. The molecule has 1 fully saturated rings. The highest BCUT2D eigenvalue weighted by atomic mass is 16.5. The minimum atomic E-state index is -0.227. The van der Waals surface area contributed by atoms with Crippen LogP contribution in [0.3, 0.4) is 0 Å². The molecule has 0 saturated heterocycles. The van der Waals surface area contributed by atoms with E-state index in [9.17, 15) is 4.79 Å². The van der Waals surface area contributed by atoms with Crippen molar-refractivity contribution in [1.29, 1.82) is 0 Å². The van der Waals surface area contributed by atoms with Crippen molar-refractivity contribution in [3.8, 4) is 0 Å². The van der Waals surface area contributed by atoms with Gasteiger partial charge in [-0.2, -0.15) is 0 Å². The highest BCUT2D eigenvalue weighted by molar-refractivity contribution is 5.72. The Morgan fingerprint density at radius 3 is 3.00 bits per heavy atom. The molecular weight excluding hydrogens is 104 g/mol. The lowest BCUT2D eigenvalue weighted by Gasteiger charge is -2.21. The van der Waals surface area contributed by atoms with Crippen LogP contribution in [0.25, 0.3) is 0 Å². The zero-order chi connectivity index (χ0) is 6.69. The summed E-state index contributed by atoms with van der Waals surface area (Å²) in [6, 6.07) is 0. The minimum absolute atomic E-state index is 0.121. The average molecular weight is 115 g/mol. The molecule has 0 spiro atoms. The molecule has 1 aliphatic rings. The third kappa shape index (κ3) is 0.831. The molecule has 0 amide bonds. The molecule has 2 nitrogen and oxygen atoms in total. The number of hydrogen-bond donors (Lipinski definition) is 0. The monoisotopic (exact) mass is 115 g/mol. The first kappa shape index (κ1) is 4.36. The van der Waals surface area contributed by atoms with E-state index >= 15 is 0 Å². The minimum Gasteiger partial charge on any atom is -0.469 e. The first-order valence-corrected chi connectivity index (χ1v) is 2.80. The number of methoxy groups -OCH3 is 1. The average Bonchev–Trinajstić information content (AvgIpc) is 1.60. The summed E-state index contributed by atoms with van der Waals surface area (Å²) >= 11 is 0. The highest BCUT2D eigenvalue weighted by Crippen LogP contribution is 2.26. The Kier molecular flexibility index (Phi) is 1.18. The van der Waals surface area contributed by atoms with Crippen LogP contribution < -0.4 is 0 Å². The summed E-state index contributed by atoms with van der Waals surface area (Å²) in [5.74, 6) is -0.0633. The van der Waals surface area contributed by atoms with Crippen molar-refractivity contribution >= 4 is 5.97 Å². The second-order valence-electron chi connectivity index (χ2n) is 2.09. The molecule has 0 atom stereocenters. The van der Waals surface area contributed by atoms with Crippen molar-refractivity contribution in [3.63, 3.8) is 0 Å². The third-order valence-corrected chi connectivity index (χ3v) is 1.58. The van der Waals surface area contributed by atoms with Crippen molar-refractivity contribution in [3.05, 3.63) is 0 Å². The smallest absolute Gasteiger partial charge is 0.308 e. The van der Waals surface area contributed by atoms with Gasteiger partial charge in [0.15, 0.2) is 0 Å². The lowest BCUT2D eigenvalue weighted by molar-refractivity contribution is -0.148. The van der Waals surface area contributed by atoms with E-state index in [2.05, 4.69) is 4.74 Å². The number of hydrogen-bond acceptors (Lipinski definition) is 2. The van der Waals surface area contributed by atoms with Crippen LogP contribution in [-0.2, 0) is 9.53 Å². The van der Waals surface area contributed by atoms with Crippen LogP contribution in [0.4, 0.5) is 0 Å². The molecule has 0 aliphatic heterocycles. The predicted molar refractivity (Wildman–Crippen MR) is 29.4 cm³/mol. The summed E-state index contributed by atoms with van der Waals surface area (Å²) < 4.78 is 11.1. The molecular formula is C6H10O2. The molecule has 2 heteroatoms. The van der Waals surface area contributed by atoms with Crippen LogP contribution in [0.5, 0.6) is 0 Å². The maximum absolute atomic E-state index is 10.7. The normalized spacial score (nSPS) is 21.2.